The molecule has 1 N–H and O–H groups in total. The number of hydrogen-bond acceptors (Lipinski definition) is 1. The highest BCUT2D eigenvalue weighted by Crippen LogP contribution is 2.33. The van der Waals surface area contributed by atoms with E-state index in [4.69, 9.17) is 23.2 Å². The normalized spacial score (nSPS) is 13.1. The Labute approximate surface area is 89.4 Å². The van der Waals surface area contributed by atoms with E-state index in [0.29, 0.717) is 20.1 Å². The number of aliphatic hydroxyl groups is 1. The highest BCUT2D eigenvalue weighted by Gasteiger charge is 2.08. The molecule has 66 valence electrons. The van der Waals surface area contributed by atoms with E-state index in [1.807, 2.05) is 0 Å². The molecule has 0 spiro atoms. The minimum absolute atomic E-state index is 0.512. The first-order valence-electron chi connectivity index (χ1n) is 3.35. The average Bonchev–Trinajstić information content (AvgIpc) is 1.99. The van der Waals surface area contributed by atoms with Crippen LogP contribution in [0, 0.1) is 0 Å². The Balaban J connectivity index is 3.21. The topological polar surface area (TPSA) is 20.2 Å². The van der Waals surface area contributed by atoms with E-state index in [0.717, 1.165) is 0 Å². The Hall–Kier alpha value is 0.240. The van der Waals surface area contributed by atoms with E-state index >= 15 is 0 Å². The zero-order valence-electron chi connectivity index (χ0n) is 6.31. The molecule has 1 aromatic carbocycles. The fourth-order valence-electron chi connectivity index (χ4n) is 0.816. The van der Waals surface area contributed by atoms with Crippen LogP contribution in [0.4, 0.5) is 0 Å². The molecule has 0 amide bonds. The number of aliphatic hydroxyl groups excluding tert-OH is 1. The molecular formula is C8H7BrCl2O. The fourth-order valence-corrected chi connectivity index (χ4v) is 1.55. The van der Waals surface area contributed by atoms with E-state index in [1.165, 1.54) is 0 Å². The summed E-state index contributed by atoms with van der Waals surface area (Å²) >= 11 is 14.9. The van der Waals surface area contributed by atoms with Gasteiger partial charge in [-0.15, -0.1) is 0 Å². The van der Waals surface area contributed by atoms with Crippen molar-refractivity contribution in [2.75, 3.05) is 0 Å². The lowest BCUT2D eigenvalue weighted by Gasteiger charge is -2.07. The number of benzene rings is 1. The predicted molar refractivity (Wildman–Crippen MR) is 54.8 cm³/mol. The first-order chi connectivity index (χ1) is 5.52. The molecule has 1 unspecified atom stereocenters. The third kappa shape index (κ3) is 2.13. The average molecular weight is 270 g/mol. The van der Waals surface area contributed by atoms with Crippen LogP contribution in [-0.4, -0.2) is 5.11 Å². The van der Waals surface area contributed by atoms with Crippen molar-refractivity contribution in [3.05, 3.63) is 32.2 Å². The van der Waals surface area contributed by atoms with Crippen molar-refractivity contribution < 1.29 is 5.11 Å². The van der Waals surface area contributed by atoms with Crippen LogP contribution in [0.15, 0.2) is 16.6 Å². The second-order valence-electron chi connectivity index (χ2n) is 2.47. The van der Waals surface area contributed by atoms with Crippen LogP contribution in [0.3, 0.4) is 0 Å². The van der Waals surface area contributed by atoms with Crippen LogP contribution in [-0.2, 0) is 0 Å². The number of rotatable bonds is 1. The van der Waals surface area contributed by atoms with Gasteiger partial charge < -0.3 is 5.11 Å². The highest BCUT2D eigenvalue weighted by molar-refractivity contribution is 9.10. The fraction of sp³-hybridized carbons (Fsp3) is 0.250. The van der Waals surface area contributed by atoms with Crippen LogP contribution in [0.5, 0.6) is 0 Å². The third-order valence-corrected chi connectivity index (χ3v) is 3.40. The molecule has 0 aromatic heterocycles. The van der Waals surface area contributed by atoms with E-state index < -0.39 is 6.10 Å². The first kappa shape index (κ1) is 10.3. The summed E-state index contributed by atoms with van der Waals surface area (Å²) < 4.78 is 0.662. The van der Waals surface area contributed by atoms with Crippen molar-refractivity contribution in [3.8, 4) is 0 Å². The molecule has 0 aliphatic carbocycles. The van der Waals surface area contributed by atoms with Gasteiger partial charge in [-0.3, -0.25) is 0 Å². The molecule has 1 aromatic rings. The van der Waals surface area contributed by atoms with E-state index in [9.17, 15) is 5.11 Å². The summed E-state index contributed by atoms with van der Waals surface area (Å²) in [6, 6.07) is 3.37. The lowest BCUT2D eigenvalue weighted by atomic mass is 10.1. The zero-order valence-corrected chi connectivity index (χ0v) is 9.41. The van der Waals surface area contributed by atoms with Gasteiger partial charge in [0, 0.05) is 0 Å². The van der Waals surface area contributed by atoms with Crippen molar-refractivity contribution >= 4 is 39.1 Å². The van der Waals surface area contributed by atoms with E-state index in [-0.39, 0.29) is 0 Å². The van der Waals surface area contributed by atoms with Gasteiger partial charge in [-0.1, -0.05) is 23.2 Å². The first-order valence-corrected chi connectivity index (χ1v) is 4.89. The van der Waals surface area contributed by atoms with Gasteiger partial charge >= 0.3 is 0 Å². The van der Waals surface area contributed by atoms with Crippen molar-refractivity contribution in [1.82, 2.24) is 0 Å². The monoisotopic (exact) mass is 268 g/mol. The predicted octanol–water partition coefficient (Wildman–Crippen LogP) is 3.81. The number of hydrogen-bond donors (Lipinski definition) is 1. The molecule has 0 saturated heterocycles. The summed E-state index contributed by atoms with van der Waals surface area (Å²) in [5.41, 5.74) is 0.716. The Morgan fingerprint density at radius 1 is 1.33 bits per heavy atom. The largest absolute Gasteiger partial charge is 0.389 e. The van der Waals surface area contributed by atoms with Crippen LogP contribution in [0.2, 0.25) is 10.0 Å². The molecule has 0 aliphatic rings. The van der Waals surface area contributed by atoms with Gasteiger partial charge in [-0.05, 0) is 40.5 Å². The molecule has 0 fully saturated rings. The Bertz CT molecular complexity index is 276. The van der Waals surface area contributed by atoms with Gasteiger partial charge in [0.25, 0.3) is 0 Å². The highest BCUT2D eigenvalue weighted by atomic mass is 79.9. The summed E-state index contributed by atoms with van der Waals surface area (Å²) in [5.74, 6) is 0. The Morgan fingerprint density at radius 3 is 2.08 bits per heavy atom. The minimum atomic E-state index is -0.548. The van der Waals surface area contributed by atoms with E-state index in [2.05, 4.69) is 15.9 Å². The lowest BCUT2D eigenvalue weighted by Crippen LogP contribution is -1.90. The smallest absolute Gasteiger partial charge is 0.0762 e. The molecule has 4 heteroatoms. The summed E-state index contributed by atoms with van der Waals surface area (Å²) in [6.45, 7) is 1.66. The molecule has 12 heavy (non-hydrogen) atoms. The van der Waals surface area contributed by atoms with Gasteiger partial charge in [0.05, 0.1) is 20.6 Å². The lowest BCUT2D eigenvalue weighted by molar-refractivity contribution is 0.199. The second-order valence-corrected chi connectivity index (χ2v) is 4.08. The van der Waals surface area contributed by atoms with Gasteiger partial charge in [0.2, 0.25) is 0 Å². The Kier molecular flexibility index (Phi) is 3.41. The summed E-state index contributed by atoms with van der Waals surface area (Å²) in [4.78, 5) is 0. The maximum Gasteiger partial charge on any atom is 0.0762 e. The van der Waals surface area contributed by atoms with Gasteiger partial charge in [-0.25, -0.2) is 0 Å². The van der Waals surface area contributed by atoms with Gasteiger partial charge in [0.15, 0.2) is 0 Å². The molecular weight excluding hydrogens is 263 g/mol. The number of halogens is 3. The molecule has 0 radical (unpaired) electrons. The van der Waals surface area contributed by atoms with Crippen molar-refractivity contribution in [2.45, 2.75) is 13.0 Å². The third-order valence-electron chi connectivity index (χ3n) is 1.49. The molecule has 0 heterocycles. The van der Waals surface area contributed by atoms with Gasteiger partial charge in [-0.2, -0.15) is 0 Å². The zero-order chi connectivity index (χ0) is 9.30. The Morgan fingerprint density at radius 2 is 1.75 bits per heavy atom. The van der Waals surface area contributed by atoms with Crippen LogP contribution in [0.25, 0.3) is 0 Å². The molecule has 0 saturated carbocycles. The molecule has 1 rings (SSSR count). The second kappa shape index (κ2) is 3.97. The summed E-state index contributed by atoms with van der Waals surface area (Å²) in [7, 11) is 0. The molecule has 0 bridgehead atoms. The molecule has 1 atom stereocenters. The van der Waals surface area contributed by atoms with Crippen LogP contribution in [0.1, 0.15) is 18.6 Å². The van der Waals surface area contributed by atoms with Crippen LogP contribution < -0.4 is 0 Å². The van der Waals surface area contributed by atoms with Crippen molar-refractivity contribution in [2.24, 2.45) is 0 Å². The standard InChI is InChI=1S/C8H7BrCl2O/c1-4(12)5-2-6(10)8(9)7(11)3-5/h2-4,12H,1H3. The summed E-state index contributed by atoms with van der Waals surface area (Å²) in [6.07, 6.45) is -0.548. The minimum Gasteiger partial charge on any atom is -0.389 e. The maximum absolute atomic E-state index is 9.23. The van der Waals surface area contributed by atoms with Crippen molar-refractivity contribution in [1.29, 1.82) is 0 Å². The SMILES string of the molecule is CC(O)c1cc(Cl)c(Br)c(Cl)c1. The molecule has 0 aliphatic heterocycles. The van der Waals surface area contributed by atoms with Gasteiger partial charge in [0.1, 0.15) is 0 Å². The summed E-state index contributed by atoms with van der Waals surface area (Å²) in [5, 5.41) is 10.3. The van der Waals surface area contributed by atoms with Crippen molar-refractivity contribution in [3.63, 3.8) is 0 Å². The quantitative estimate of drug-likeness (QED) is 0.769. The van der Waals surface area contributed by atoms with Crippen LogP contribution >= 0.6 is 39.1 Å². The van der Waals surface area contributed by atoms with E-state index in [1.54, 1.807) is 19.1 Å². The maximum atomic E-state index is 9.23. The molecule has 1 nitrogen and oxygen atoms in total.